The van der Waals surface area contributed by atoms with Crippen molar-refractivity contribution in [2.24, 2.45) is 0 Å². The van der Waals surface area contributed by atoms with Crippen LogP contribution in [0.25, 0.3) is 0 Å². The molecule has 0 aromatic heterocycles. The Morgan fingerprint density at radius 3 is 2.46 bits per heavy atom. The highest BCUT2D eigenvalue weighted by atomic mass is 32.2. The highest BCUT2D eigenvalue weighted by Gasteiger charge is 2.26. The van der Waals surface area contributed by atoms with Crippen molar-refractivity contribution in [3.05, 3.63) is 17.7 Å². The van der Waals surface area contributed by atoms with E-state index < -0.39 is 0 Å². The van der Waals surface area contributed by atoms with Gasteiger partial charge in [0.2, 0.25) is 0 Å². The number of hydrogen-bond acceptors (Lipinski definition) is 6. The molecule has 1 N–H and O–H groups in total. The number of thioether (sulfide) groups is 1. The van der Waals surface area contributed by atoms with Gasteiger partial charge >= 0.3 is 0 Å². The molecule has 134 valence electrons. The van der Waals surface area contributed by atoms with Gasteiger partial charge in [0, 0.05) is 50.9 Å². The minimum Gasteiger partial charge on any atom is -0.496 e. The van der Waals surface area contributed by atoms with Gasteiger partial charge in [0.25, 0.3) is 0 Å². The fourth-order valence-electron chi connectivity index (χ4n) is 3.69. The summed E-state index contributed by atoms with van der Waals surface area (Å²) in [6, 6.07) is 4.97. The molecule has 1 aromatic rings. The van der Waals surface area contributed by atoms with Gasteiger partial charge in [-0.05, 0) is 31.4 Å². The topological polar surface area (TPSA) is 37.0 Å². The van der Waals surface area contributed by atoms with Crippen LogP contribution in [0, 0.1) is 0 Å². The van der Waals surface area contributed by atoms with Crippen LogP contribution in [-0.4, -0.2) is 75.6 Å². The lowest BCUT2D eigenvalue weighted by Gasteiger charge is -2.38. The van der Waals surface area contributed by atoms with E-state index in [1.807, 2.05) is 0 Å². The summed E-state index contributed by atoms with van der Waals surface area (Å²) in [6.45, 7) is 7.80. The first kappa shape index (κ1) is 17.9. The zero-order valence-electron chi connectivity index (χ0n) is 15.0. The second kappa shape index (κ2) is 8.43. The van der Waals surface area contributed by atoms with Gasteiger partial charge in [-0.3, -0.25) is 9.80 Å². The molecule has 2 aliphatic rings. The number of nitrogens with zero attached hydrogens (tertiary/aromatic N) is 2. The van der Waals surface area contributed by atoms with E-state index in [0.717, 1.165) is 61.7 Å². The van der Waals surface area contributed by atoms with Gasteiger partial charge in [-0.1, -0.05) is 0 Å². The van der Waals surface area contributed by atoms with Crippen LogP contribution in [0.5, 0.6) is 11.5 Å². The lowest BCUT2D eigenvalue weighted by Crippen LogP contribution is -2.50. The second-order valence-corrected chi connectivity index (χ2v) is 7.33. The molecule has 0 unspecified atom stereocenters. The average molecular weight is 352 g/mol. The first-order chi connectivity index (χ1) is 11.7. The van der Waals surface area contributed by atoms with Crippen LogP contribution in [0.1, 0.15) is 12.0 Å². The van der Waals surface area contributed by atoms with Crippen molar-refractivity contribution < 1.29 is 9.47 Å². The van der Waals surface area contributed by atoms with Crippen molar-refractivity contribution in [1.82, 2.24) is 15.1 Å². The zero-order chi connectivity index (χ0) is 16.9. The summed E-state index contributed by atoms with van der Waals surface area (Å²) < 4.78 is 11.2. The van der Waals surface area contributed by atoms with Crippen molar-refractivity contribution in [3.63, 3.8) is 0 Å². The maximum atomic E-state index is 5.62. The first-order valence-electron chi connectivity index (χ1n) is 8.71. The maximum Gasteiger partial charge on any atom is 0.132 e. The molecule has 2 saturated heterocycles. The summed E-state index contributed by atoms with van der Waals surface area (Å²) in [5, 5.41) is 3.47. The second-order valence-electron chi connectivity index (χ2n) is 6.48. The van der Waals surface area contributed by atoms with Gasteiger partial charge in [0.15, 0.2) is 0 Å². The molecular weight excluding hydrogens is 322 g/mol. The highest BCUT2D eigenvalue weighted by Crippen LogP contribution is 2.35. The Kier molecular flexibility index (Phi) is 6.27. The predicted octanol–water partition coefficient (Wildman–Crippen LogP) is 1.91. The van der Waals surface area contributed by atoms with Crippen LogP contribution < -0.4 is 14.8 Å². The largest absolute Gasteiger partial charge is 0.496 e. The molecule has 2 fully saturated rings. The molecule has 0 spiro atoms. The molecular formula is C18H29N3O2S. The van der Waals surface area contributed by atoms with E-state index in [4.69, 9.17) is 9.47 Å². The quantitative estimate of drug-likeness (QED) is 0.789. The van der Waals surface area contributed by atoms with Crippen molar-refractivity contribution in [1.29, 1.82) is 0 Å². The van der Waals surface area contributed by atoms with E-state index in [2.05, 4.69) is 33.5 Å². The summed E-state index contributed by atoms with van der Waals surface area (Å²) >= 11 is 1.69. The van der Waals surface area contributed by atoms with E-state index in [1.165, 1.54) is 18.5 Å². The Morgan fingerprint density at radius 2 is 1.88 bits per heavy atom. The molecule has 0 saturated carbocycles. The summed E-state index contributed by atoms with van der Waals surface area (Å²) in [5.74, 6) is 1.90. The third kappa shape index (κ3) is 3.99. The zero-order valence-corrected chi connectivity index (χ0v) is 15.8. The minimum absolute atomic E-state index is 0.739. The van der Waals surface area contributed by atoms with Crippen molar-refractivity contribution >= 4 is 11.8 Å². The molecule has 2 aliphatic heterocycles. The van der Waals surface area contributed by atoms with Crippen LogP contribution in [0.4, 0.5) is 0 Å². The average Bonchev–Trinajstić information content (AvgIpc) is 3.16. The molecule has 1 atom stereocenters. The molecule has 1 aromatic carbocycles. The fraction of sp³-hybridized carbons (Fsp3) is 0.667. The Hall–Kier alpha value is -0.950. The molecule has 3 rings (SSSR count). The maximum absolute atomic E-state index is 5.62. The standard InChI is InChI=1S/C18H29N3O2S/c1-22-16-11-18(24-3)17(23-2)10-14(16)13-20-6-8-21(9-7-20)15-4-5-19-12-15/h10-11,15,19H,4-9,12-13H2,1-3H3/t15-/m1/s1. The lowest BCUT2D eigenvalue weighted by atomic mass is 10.1. The van der Waals surface area contributed by atoms with Gasteiger partial charge in [0.1, 0.15) is 11.5 Å². The monoisotopic (exact) mass is 351 g/mol. The molecule has 0 radical (unpaired) electrons. The van der Waals surface area contributed by atoms with E-state index in [0.29, 0.717) is 0 Å². The Bertz CT molecular complexity index is 541. The lowest BCUT2D eigenvalue weighted by molar-refractivity contribution is 0.0975. The van der Waals surface area contributed by atoms with E-state index >= 15 is 0 Å². The van der Waals surface area contributed by atoms with Crippen LogP contribution in [0.15, 0.2) is 17.0 Å². The van der Waals surface area contributed by atoms with Gasteiger partial charge in [-0.2, -0.15) is 0 Å². The van der Waals surface area contributed by atoms with Crippen LogP contribution >= 0.6 is 11.8 Å². The minimum atomic E-state index is 0.739. The summed E-state index contributed by atoms with van der Waals surface area (Å²) in [5.41, 5.74) is 1.21. The van der Waals surface area contributed by atoms with Gasteiger partial charge in [0.05, 0.1) is 19.1 Å². The molecule has 0 aliphatic carbocycles. The first-order valence-corrected chi connectivity index (χ1v) is 9.93. The van der Waals surface area contributed by atoms with Gasteiger partial charge in [-0.15, -0.1) is 11.8 Å². The molecule has 0 bridgehead atoms. The third-order valence-electron chi connectivity index (χ3n) is 5.14. The SMILES string of the molecule is COc1cc(SC)c(OC)cc1CN1CCN([C@@H]2CCNC2)CC1. The highest BCUT2D eigenvalue weighted by molar-refractivity contribution is 7.98. The number of piperazine rings is 1. The van der Waals surface area contributed by atoms with Gasteiger partial charge < -0.3 is 14.8 Å². The number of methoxy groups -OCH3 is 2. The number of nitrogens with one attached hydrogen (secondary N) is 1. The Balaban J connectivity index is 1.63. The molecule has 2 heterocycles. The number of benzene rings is 1. The van der Waals surface area contributed by atoms with Crippen LogP contribution in [-0.2, 0) is 6.54 Å². The fourth-order valence-corrected chi connectivity index (χ4v) is 4.26. The normalized spacial score (nSPS) is 22.7. The van der Waals surface area contributed by atoms with E-state index in [-0.39, 0.29) is 0 Å². The van der Waals surface area contributed by atoms with Crippen LogP contribution in [0.2, 0.25) is 0 Å². The van der Waals surface area contributed by atoms with Gasteiger partial charge in [-0.25, -0.2) is 0 Å². The van der Waals surface area contributed by atoms with Crippen molar-refractivity contribution in [2.45, 2.75) is 23.9 Å². The Labute approximate surface area is 149 Å². The molecule has 6 heteroatoms. The van der Waals surface area contributed by atoms with Crippen LogP contribution in [0.3, 0.4) is 0 Å². The Morgan fingerprint density at radius 1 is 1.12 bits per heavy atom. The molecule has 0 amide bonds. The number of ether oxygens (including phenoxy) is 2. The van der Waals surface area contributed by atoms with Crippen molar-refractivity contribution in [2.75, 3.05) is 59.7 Å². The predicted molar refractivity (Wildman–Crippen MR) is 99.5 cm³/mol. The third-order valence-corrected chi connectivity index (χ3v) is 5.90. The smallest absolute Gasteiger partial charge is 0.132 e. The van der Waals surface area contributed by atoms with E-state index in [1.54, 1.807) is 26.0 Å². The van der Waals surface area contributed by atoms with E-state index in [9.17, 15) is 0 Å². The number of hydrogen-bond donors (Lipinski definition) is 1. The summed E-state index contributed by atoms with van der Waals surface area (Å²) in [4.78, 5) is 6.29. The number of rotatable bonds is 6. The summed E-state index contributed by atoms with van der Waals surface area (Å²) in [6.07, 6.45) is 3.36. The molecule has 5 nitrogen and oxygen atoms in total. The van der Waals surface area contributed by atoms with Crippen molar-refractivity contribution in [3.8, 4) is 11.5 Å². The summed E-state index contributed by atoms with van der Waals surface area (Å²) in [7, 11) is 3.49. The molecule has 24 heavy (non-hydrogen) atoms.